The van der Waals surface area contributed by atoms with Crippen molar-refractivity contribution in [2.45, 2.75) is 38.8 Å². The molecule has 7 heteroatoms. The number of carbonyl (C=O) groups is 1. The Kier molecular flexibility index (Phi) is 5.83. The van der Waals surface area contributed by atoms with Crippen LogP contribution < -0.4 is 5.32 Å². The lowest BCUT2D eigenvalue weighted by molar-refractivity contribution is -0.123. The van der Waals surface area contributed by atoms with Crippen LogP contribution in [-0.2, 0) is 11.3 Å². The Morgan fingerprint density at radius 2 is 2.14 bits per heavy atom. The fraction of sp³-hybridized carbons (Fsp3) is 0.381. The Hall–Kier alpha value is -2.51. The molecule has 0 radical (unpaired) electrons. The Labute approximate surface area is 168 Å². The molecule has 1 aliphatic heterocycles. The first-order valence-corrected chi connectivity index (χ1v) is 10.5. The number of amides is 1. The van der Waals surface area contributed by atoms with Gasteiger partial charge in [0, 0.05) is 6.54 Å². The smallest absolute Gasteiger partial charge is 0.244 e. The third kappa shape index (κ3) is 4.48. The molecule has 1 amide bonds. The van der Waals surface area contributed by atoms with Gasteiger partial charge in [-0.05, 0) is 43.3 Å². The molecular formula is C21H24N4O2S. The minimum atomic E-state index is 0.0000807. The maximum atomic E-state index is 12.5. The molecular weight excluding hydrogens is 372 g/mol. The van der Waals surface area contributed by atoms with Crippen molar-refractivity contribution in [1.82, 2.24) is 20.4 Å². The SMILES string of the molecule is Cc1ccc(CNC(=O)CN2CCCCC2c2nc(-c3cccs3)no2)cc1. The van der Waals surface area contributed by atoms with Crippen molar-refractivity contribution < 1.29 is 9.32 Å². The third-order valence-electron chi connectivity index (χ3n) is 5.04. The van der Waals surface area contributed by atoms with Gasteiger partial charge in [-0.2, -0.15) is 4.98 Å². The molecule has 1 aromatic carbocycles. The van der Waals surface area contributed by atoms with E-state index in [2.05, 4.69) is 39.4 Å². The second kappa shape index (κ2) is 8.67. The monoisotopic (exact) mass is 396 g/mol. The van der Waals surface area contributed by atoms with Crippen LogP contribution in [0.2, 0.25) is 0 Å². The molecule has 3 aromatic rings. The van der Waals surface area contributed by atoms with Crippen LogP contribution in [0.25, 0.3) is 10.7 Å². The van der Waals surface area contributed by atoms with Crippen molar-refractivity contribution in [2.75, 3.05) is 13.1 Å². The van der Waals surface area contributed by atoms with E-state index in [0.717, 1.165) is 36.2 Å². The summed E-state index contributed by atoms with van der Waals surface area (Å²) in [4.78, 5) is 20.2. The second-order valence-electron chi connectivity index (χ2n) is 7.18. The Morgan fingerprint density at radius 3 is 2.93 bits per heavy atom. The van der Waals surface area contributed by atoms with E-state index >= 15 is 0 Å². The lowest BCUT2D eigenvalue weighted by Gasteiger charge is -2.32. The summed E-state index contributed by atoms with van der Waals surface area (Å²) in [6, 6.07) is 12.2. The van der Waals surface area contributed by atoms with Crippen LogP contribution in [-0.4, -0.2) is 34.0 Å². The highest BCUT2D eigenvalue weighted by Gasteiger charge is 2.30. The first-order valence-electron chi connectivity index (χ1n) is 9.63. The van der Waals surface area contributed by atoms with E-state index in [4.69, 9.17) is 4.52 Å². The standard InChI is InChI=1S/C21H24N4O2S/c1-15-7-9-16(10-8-15)13-22-19(26)14-25-11-3-2-5-17(25)21-23-20(24-27-21)18-6-4-12-28-18/h4,6-10,12,17H,2-3,5,11,13-14H2,1H3,(H,22,26). The molecule has 2 aromatic heterocycles. The van der Waals surface area contributed by atoms with E-state index in [1.165, 1.54) is 5.56 Å². The average molecular weight is 397 g/mol. The predicted molar refractivity (Wildman–Crippen MR) is 109 cm³/mol. The van der Waals surface area contributed by atoms with Crippen molar-refractivity contribution in [3.05, 3.63) is 58.8 Å². The first kappa shape index (κ1) is 18.8. The van der Waals surface area contributed by atoms with Gasteiger partial charge in [0.2, 0.25) is 17.6 Å². The molecule has 1 fully saturated rings. The van der Waals surface area contributed by atoms with Crippen LogP contribution in [0.15, 0.2) is 46.3 Å². The number of nitrogens with one attached hydrogen (secondary N) is 1. The van der Waals surface area contributed by atoms with E-state index in [0.29, 0.717) is 24.8 Å². The minimum Gasteiger partial charge on any atom is -0.351 e. The van der Waals surface area contributed by atoms with Crippen LogP contribution >= 0.6 is 11.3 Å². The summed E-state index contributed by atoms with van der Waals surface area (Å²) in [6.07, 6.45) is 3.11. The van der Waals surface area contributed by atoms with E-state index < -0.39 is 0 Å². The lowest BCUT2D eigenvalue weighted by Crippen LogP contribution is -2.41. The van der Waals surface area contributed by atoms with Crippen LogP contribution in [0.1, 0.15) is 42.3 Å². The summed E-state index contributed by atoms with van der Waals surface area (Å²) in [5.41, 5.74) is 2.32. The normalized spacial score (nSPS) is 17.5. The maximum Gasteiger partial charge on any atom is 0.244 e. The summed E-state index contributed by atoms with van der Waals surface area (Å²) < 4.78 is 5.55. The van der Waals surface area contributed by atoms with Crippen molar-refractivity contribution in [1.29, 1.82) is 0 Å². The zero-order valence-corrected chi connectivity index (χ0v) is 16.7. The number of rotatable bonds is 6. The third-order valence-corrected chi connectivity index (χ3v) is 5.90. The van der Waals surface area contributed by atoms with Gasteiger partial charge in [0.1, 0.15) is 0 Å². The molecule has 4 rings (SSSR count). The summed E-state index contributed by atoms with van der Waals surface area (Å²) in [5.74, 6) is 1.25. The van der Waals surface area contributed by atoms with E-state index in [9.17, 15) is 4.79 Å². The largest absolute Gasteiger partial charge is 0.351 e. The van der Waals surface area contributed by atoms with Gasteiger partial charge in [-0.1, -0.05) is 47.5 Å². The van der Waals surface area contributed by atoms with Crippen molar-refractivity contribution in [2.24, 2.45) is 0 Å². The van der Waals surface area contributed by atoms with Gasteiger partial charge in [-0.25, -0.2) is 0 Å². The van der Waals surface area contributed by atoms with Crippen LogP contribution in [0.4, 0.5) is 0 Å². The zero-order chi connectivity index (χ0) is 19.3. The number of hydrogen-bond acceptors (Lipinski definition) is 6. The van der Waals surface area contributed by atoms with E-state index in [1.54, 1.807) is 11.3 Å². The number of piperidine rings is 1. The molecule has 1 aliphatic rings. The molecule has 6 nitrogen and oxygen atoms in total. The second-order valence-corrected chi connectivity index (χ2v) is 8.13. The lowest BCUT2D eigenvalue weighted by atomic mass is 10.0. The summed E-state index contributed by atoms with van der Waals surface area (Å²) in [7, 11) is 0. The van der Waals surface area contributed by atoms with E-state index in [-0.39, 0.29) is 11.9 Å². The molecule has 0 aliphatic carbocycles. The number of nitrogens with zero attached hydrogens (tertiary/aromatic N) is 3. The Bertz CT molecular complexity index is 905. The molecule has 28 heavy (non-hydrogen) atoms. The predicted octanol–water partition coefficient (Wildman–Crippen LogP) is 3.95. The highest BCUT2D eigenvalue weighted by molar-refractivity contribution is 7.13. The average Bonchev–Trinajstić information content (AvgIpc) is 3.40. The zero-order valence-electron chi connectivity index (χ0n) is 15.9. The maximum absolute atomic E-state index is 12.5. The van der Waals surface area contributed by atoms with E-state index in [1.807, 2.05) is 29.6 Å². The summed E-state index contributed by atoms with van der Waals surface area (Å²) in [5, 5.41) is 9.14. The highest BCUT2D eigenvalue weighted by Crippen LogP contribution is 2.31. The number of benzene rings is 1. The number of carbonyl (C=O) groups excluding carboxylic acids is 1. The summed E-state index contributed by atoms with van der Waals surface area (Å²) in [6.45, 7) is 3.80. The topological polar surface area (TPSA) is 71.3 Å². The summed E-state index contributed by atoms with van der Waals surface area (Å²) >= 11 is 1.59. The molecule has 1 saturated heterocycles. The van der Waals surface area contributed by atoms with Crippen LogP contribution in [0, 0.1) is 6.92 Å². The molecule has 1 unspecified atom stereocenters. The van der Waals surface area contributed by atoms with Gasteiger partial charge < -0.3 is 9.84 Å². The Morgan fingerprint density at radius 1 is 1.29 bits per heavy atom. The van der Waals surface area contributed by atoms with Crippen LogP contribution in [0.3, 0.4) is 0 Å². The highest BCUT2D eigenvalue weighted by atomic mass is 32.1. The molecule has 1 N–H and O–H groups in total. The number of hydrogen-bond donors (Lipinski definition) is 1. The molecule has 1 atom stereocenters. The van der Waals surface area contributed by atoms with Crippen LogP contribution in [0.5, 0.6) is 0 Å². The van der Waals surface area contributed by atoms with Gasteiger partial charge in [-0.15, -0.1) is 11.3 Å². The van der Waals surface area contributed by atoms with Crippen molar-refractivity contribution >= 4 is 17.2 Å². The van der Waals surface area contributed by atoms with Gasteiger partial charge in [0.15, 0.2) is 0 Å². The molecule has 0 bridgehead atoms. The van der Waals surface area contributed by atoms with Gasteiger partial charge in [-0.3, -0.25) is 9.69 Å². The van der Waals surface area contributed by atoms with Crippen molar-refractivity contribution in [3.8, 4) is 10.7 Å². The molecule has 0 spiro atoms. The Balaban J connectivity index is 1.38. The fourth-order valence-electron chi connectivity index (χ4n) is 3.48. The van der Waals surface area contributed by atoms with Gasteiger partial charge >= 0.3 is 0 Å². The molecule has 3 heterocycles. The number of likely N-dealkylation sites (tertiary alicyclic amines) is 1. The molecule has 146 valence electrons. The minimum absolute atomic E-state index is 0.0000807. The number of thiophene rings is 1. The van der Waals surface area contributed by atoms with Gasteiger partial charge in [0.05, 0.1) is 17.5 Å². The quantitative estimate of drug-likeness (QED) is 0.683. The van der Waals surface area contributed by atoms with Crippen molar-refractivity contribution in [3.63, 3.8) is 0 Å². The fourth-order valence-corrected chi connectivity index (χ4v) is 4.13. The number of aryl methyl sites for hydroxylation is 1. The van der Waals surface area contributed by atoms with Gasteiger partial charge in [0.25, 0.3) is 0 Å². The first-order chi connectivity index (χ1) is 13.7. The number of aromatic nitrogens is 2. The molecule has 0 saturated carbocycles.